The van der Waals surface area contributed by atoms with Gasteiger partial charge in [0.25, 0.3) is 5.91 Å². The van der Waals surface area contributed by atoms with Crippen molar-refractivity contribution in [3.63, 3.8) is 0 Å². The minimum absolute atomic E-state index is 0.145. The molecular formula is C14H22N4O2. The Morgan fingerprint density at radius 2 is 2.25 bits per heavy atom. The second kappa shape index (κ2) is 7.19. The quantitative estimate of drug-likeness (QED) is 0.826. The van der Waals surface area contributed by atoms with Crippen molar-refractivity contribution in [2.24, 2.45) is 0 Å². The van der Waals surface area contributed by atoms with Gasteiger partial charge in [0.05, 0.1) is 11.7 Å². The zero-order valence-corrected chi connectivity index (χ0v) is 12.1. The van der Waals surface area contributed by atoms with Crippen molar-refractivity contribution in [2.75, 3.05) is 18.5 Å². The van der Waals surface area contributed by atoms with Gasteiger partial charge in [0, 0.05) is 31.6 Å². The first-order valence-corrected chi connectivity index (χ1v) is 7.17. The second-order valence-corrected chi connectivity index (χ2v) is 5.09. The molecule has 1 amide bonds. The number of amides is 1. The number of nitrogens with zero attached hydrogens (tertiary/aromatic N) is 2. The fourth-order valence-electron chi connectivity index (χ4n) is 1.96. The number of aromatic nitrogens is 2. The van der Waals surface area contributed by atoms with E-state index in [2.05, 4.69) is 34.4 Å². The van der Waals surface area contributed by atoms with Crippen LogP contribution >= 0.6 is 0 Å². The first-order chi connectivity index (χ1) is 9.69. The molecule has 2 rings (SSSR count). The summed E-state index contributed by atoms with van der Waals surface area (Å²) in [5, 5.41) is 6.01. The van der Waals surface area contributed by atoms with Crippen LogP contribution in [0.4, 0.5) is 5.95 Å². The van der Waals surface area contributed by atoms with Gasteiger partial charge >= 0.3 is 0 Å². The van der Waals surface area contributed by atoms with Gasteiger partial charge in [-0.05, 0) is 26.2 Å². The van der Waals surface area contributed by atoms with E-state index >= 15 is 0 Å². The lowest BCUT2D eigenvalue weighted by atomic mass is 10.2. The van der Waals surface area contributed by atoms with Crippen LogP contribution in [-0.2, 0) is 4.74 Å². The van der Waals surface area contributed by atoms with E-state index in [4.69, 9.17) is 4.74 Å². The predicted molar refractivity (Wildman–Crippen MR) is 76.7 cm³/mol. The minimum Gasteiger partial charge on any atom is -0.376 e. The third kappa shape index (κ3) is 4.16. The summed E-state index contributed by atoms with van der Waals surface area (Å²) in [6, 6.07) is 0.314. The van der Waals surface area contributed by atoms with E-state index in [-0.39, 0.29) is 12.0 Å². The summed E-state index contributed by atoms with van der Waals surface area (Å²) in [6.45, 7) is 5.49. The molecule has 2 heterocycles. The first-order valence-electron chi connectivity index (χ1n) is 7.17. The Morgan fingerprint density at radius 3 is 2.85 bits per heavy atom. The van der Waals surface area contributed by atoms with Gasteiger partial charge in [-0.25, -0.2) is 9.97 Å². The predicted octanol–water partition coefficient (Wildman–Crippen LogP) is 1.60. The standard InChI is InChI=1S/C14H22N4O2/c1-3-10(2)18-14-16-7-11(8-17-14)13(19)15-9-12-5-4-6-20-12/h7-8,10,12H,3-6,9H2,1-2H3,(H,15,19)(H,16,17,18). The van der Waals surface area contributed by atoms with Crippen LogP contribution in [0.15, 0.2) is 12.4 Å². The van der Waals surface area contributed by atoms with E-state index in [9.17, 15) is 4.79 Å². The molecule has 0 aliphatic carbocycles. The monoisotopic (exact) mass is 278 g/mol. The fourth-order valence-corrected chi connectivity index (χ4v) is 1.96. The fraction of sp³-hybridized carbons (Fsp3) is 0.643. The number of carbonyl (C=O) groups excluding carboxylic acids is 1. The summed E-state index contributed by atoms with van der Waals surface area (Å²) < 4.78 is 5.46. The van der Waals surface area contributed by atoms with Crippen LogP contribution in [0.5, 0.6) is 0 Å². The van der Waals surface area contributed by atoms with E-state index in [1.807, 2.05) is 0 Å². The lowest BCUT2D eigenvalue weighted by Gasteiger charge is -2.12. The number of hydrogen-bond acceptors (Lipinski definition) is 5. The van der Waals surface area contributed by atoms with Crippen LogP contribution in [0.3, 0.4) is 0 Å². The molecular weight excluding hydrogens is 256 g/mol. The molecule has 0 aromatic carbocycles. The molecule has 0 radical (unpaired) electrons. The van der Waals surface area contributed by atoms with Crippen molar-refractivity contribution in [2.45, 2.75) is 45.3 Å². The molecule has 110 valence electrons. The molecule has 1 aliphatic heterocycles. The zero-order valence-electron chi connectivity index (χ0n) is 12.1. The average molecular weight is 278 g/mol. The van der Waals surface area contributed by atoms with E-state index in [0.29, 0.717) is 24.1 Å². The molecule has 1 aromatic rings. The first kappa shape index (κ1) is 14.7. The van der Waals surface area contributed by atoms with Crippen molar-refractivity contribution in [3.8, 4) is 0 Å². The van der Waals surface area contributed by atoms with Gasteiger partial charge in [-0.2, -0.15) is 0 Å². The summed E-state index contributed by atoms with van der Waals surface area (Å²) in [5.41, 5.74) is 0.470. The zero-order chi connectivity index (χ0) is 14.4. The van der Waals surface area contributed by atoms with E-state index < -0.39 is 0 Å². The Morgan fingerprint density at radius 1 is 1.50 bits per heavy atom. The van der Waals surface area contributed by atoms with E-state index in [1.165, 1.54) is 0 Å². The minimum atomic E-state index is -0.157. The highest BCUT2D eigenvalue weighted by Crippen LogP contribution is 2.11. The van der Waals surface area contributed by atoms with Gasteiger partial charge < -0.3 is 15.4 Å². The summed E-state index contributed by atoms with van der Waals surface area (Å²) in [7, 11) is 0. The third-order valence-electron chi connectivity index (χ3n) is 3.42. The van der Waals surface area contributed by atoms with Crippen molar-refractivity contribution in [1.29, 1.82) is 0 Å². The molecule has 6 heteroatoms. The van der Waals surface area contributed by atoms with E-state index in [0.717, 1.165) is 25.9 Å². The summed E-state index contributed by atoms with van der Waals surface area (Å²) in [5.74, 6) is 0.394. The summed E-state index contributed by atoms with van der Waals surface area (Å²) in [4.78, 5) is 20.2. The van der Waals surface area contributed by atoms with E-state index in [1.54, 1.807) is 12.4 Å². The average Bonchev–Trinajstić information content (AvgIpc) is 2.98. The van der Waals surface area contributed by atoms with Gasteiger partial charge in [0.1, 0.15) is 0 Å². The lowest BCUT2D eigenvalue weighted by molar-refractivity contribution is 0.0857. The number of rotatable bonds is 6. The van der Waals surface area contributed by atoms with Gasteiger partial charge in [-0.1, -0.05) is 6.92 Å². The molecule has 0 spiro atoms. The Kier molecular flexibility index (Phi) is 5.29. The Hall–Kier alpha value is -1.69. The number of ether oxygens (including phenoxy) is 1. The summed E-state index contributed by atoms with van der Waals surface area (Å²) >= 11 is 0. The molecule has 6 nitrogen and oxygen atoms in total. The van der Waals surface area contributed by atoms with Crippen LogP contribution < -0.4 is 10.6 Å². The van der Waals surface area contributed by atoms with Gasteiger partial charge in [-0.15, -0.1) is 0 Å². The molecule has 20 heavy (non-hydrogen) atoms. The van der Waals surface area contributed by atoms with Crippen molar-refractivity contribution in [3.05, 3.63) is 18.0 Å². The highest BCUT2D eigenvalue weighted by atomic mass is 16.5. The number of hydrogen-bond donors (Lipinski definition) is 2. The van der Waals surface area contributed by atoms with Crippen LogP contribution in [0.2, 0.25) is 0 Å². The SMILES string of the molecule is CCC(C)Nc1ncc(C(=O)NCC2CCCO2)cn1. The highest BCUT2D eigenvalue weighted by Gasteiger charge is 2.17. The number of nitrogens with one attached hydrogen (secondary N) is 2. The number of anilines is 1. The molecule has 0 bridgehead atoms. The molecule has 2 unspecified atom stereocenters. The van der Waals surface area contributed by atoms with Crippen LogP contribution in [0.1, 0.15) is 43.5 Å². The van der Waals surface area contributed by atoms with Crippen LogP contribution in [0.25, 0.3) is 0 Å². The summed E-state index contributed by atoms with van der Waals surface area (Å²) in [6.07, 6.45) is 6.30. The molecule has 0 saturated carbocycles. The lowest BCUT2D eigenvalue weighted by Crippen LogP contribution is -2.32. The normalized spacial score (nSPS) is 19.6. The van der Waals surface area contributed by atoms with Gasteiger partial charge in [0.2, 0.25) is 5.95 Å². The molecule has 1 aromatic heterocycles. The molecule has 1 saturated heterocycles. The van der Waals surface area contributed by atoms with Gasteiger partial charge in [0.15, 0.2) is 0 Å². The topological polar surface area (TPSA) is 76.1 Å². The Labute approximate surface area is 119 Å². The van der Waals surface area contributed by atoms with Crippen molar-refractivity contribution >= 4 is 11.9 Å². The Bertz CT molecular complexity index is 429. The maximum atomic E-state index is 11.9. The largest absolute Gasteiger partial charge is 0.376 e. The smallest absolute Gasteiger partial charge is 0.254 e. The molecule has 2 atom stereocenters. The highest BCUT2D eigenvalue weighted by molar-refractivity contribution is 5.93. The van der Waals surface area contributed by atoms with Crippen molar-refractivity contribution in [1.82, 2.24) is 15.3 Å². The van der Waals surface area contributed by atoms with Crippen LogP contribution in [-0.4, -0.2) is 41.2 Å². The number of carbonyl (C=O) groups is 1. The van der Waals surface area contributed by atoms with Crippen molar-refractivity contribution < 1.29 is 9.53 Å². The molecule has 1 aliphatic rings. The molecule has 1 fully saturated rings. The maximum Gasteiger partial charge on any atom is 0.254 e. The van der Waals surface area contributed by atoms with Crippen LogP contribution in [0, 0.1) is 0 Å². The maximum absolute atomic E-state index is 11.9. The second-order valence-electron chi connectivity index (χ2n) is 5.09. The van der Waals surface area contributed by atoms with Gasteiger partial charge in [-0.3, -0.25) is 4.79 Å². The molecule has 2 N–H and O–H groups in total. The Balaban J connectivity index is 1.83. The third-order valence-corrected chi connectivity index (χ3v) is 3.42.